The molecule has 3 aliphatic carbocycles. The highest BCUT2D eigenvalue weighted by Gasteiger charge is 2.82. The number of carbonyl (C=O) groups excluding carboxylic acids is 1. The van der Waals surface area contributed by atoms with Crippen molar-refractivity contribution in [3.8, 4) is 11.5 Å². The minimum Gasteiger partial charge on any atom is -0.504 e. The second-order valence-corrected chi connectivity index (χ2v) is 9.85. The second kappa shape index (κ2) is 4.73. The van der Waals surface area contributed by atoms with Gasteiger partial charge in [-0.1, -0.05) is 6.07 Å². The van der Waals surface area contributed by atoms with Crippen molar-refractivity contribution in [3.05, 3.63) is 23.3 Å². The quantitative estimate of drug-likeness (QED) is 0.530. The molecule has 4 N–H and O–H groups in total. The Bertz CT molecular complexity index is 934. The summed E-state index contributed by atoms with van der Waals surface area (Å²) in [6, 6.07) is 3.33. The van der Waals surface area contributed by atoms with Gasteiger partial charge in [-0.3, -0.25) is 9.28 Å². The zero-order chi connectivity index (χ0) is 19.7. The minimum atomic E-state index is -1.53. The van der Waals surface area contributed by atoms with Crippen molar-refractivity contribution in [2.24, 2.45) is 5.92 Å². The molecule has 0 amide bonds. The van der Waals surface area contributed by atoms with Crippen molar-refractivity contribution in [1.82, 2.24) is 0 Å². The van der Waals surface area contributed by atoms with Crippen LogP contribution >= 0.6 is 0 Å². The van der Waals surface area contributed by atoms with E-state index in [4.69, 9.17) is 4.74 Å². The van der Waals surface area contributed by atoms with Crippen LogP contribution in [0.5, 0.6) is 11.5 Å². The van der Waals surface area contributed by atoms with Crippen molar-refractivity contribution >= 4 is 5.78 Å². The number of piperidine rings is 1. The van der Waals surface area contributed by atoms with Gasteiger partial charge < -0.3 is 25.2 Å². The normalized spacial score (nSPS) is 50.1. The van der Waals surface area contributed by atoms with Gasteiger partial charge in [0.15, 0.2) is 29.0 Å². The van der Waals surface area contributed by atoms with E-state index in [-0.39, 0.29) is 47.3 Å². The summed E-state index contributed by atoms with van der Waals surface area (Å²) in [7, 11) is 1.96. The highest BCUT2D eigenvalue weighted by molar-refractivity contribution is 5.90. The molecule has 150 valence electrons. The number of quaternary nitrogens is 1. The molecule has 0 aromatic heterocycles. The number of aliphatic hydroxyl groups is 3. The lowest BCUT2D eigenvalue weighted by Crippen LogP contribution is -2.87. The number of carbonyl (C=O) groups is 1. The molecule has 1 spiro atoms. The van der Waals surface area contributed by atoms with E-state index >= 15 is 0 Å². The summed E-state index contributed by atoms with van der Waals surface area (Å²) in [5.41, 5.74) is -2.49. The number of nitrogens with zero attached hydrogens (tertiary/aromatic N) is 1. The summed E-state index contributed by atoms with van der Waals surface area (Å²) < 4.78 is 6.25. The van der Waals surface area contributed by atoms with Gasteiger partial charge in [-0.2, -0.15) is 0 Å². The fraction of sp³-hybridized carbons (Fsp3) is 0.667. The van der Waals surface area contributed by atoms with Crippen LogP contribution in [0.4, 0.5) is 0 Å². The number of ketones is 1. The molecule has 2 saturated carbocycles. The van der Waals surface area contributed by atoms with E-state index < -0.39 is 22.8 Å². The number of phenolic OH excluding ortho intramolecular Hbond substituents is 1. The molecule has 0 radical (unpaired) electrons. The van der Waals surface area contributed by atoms with Crippen LogP contribution in [0.15, 0.2) is 12.1 Å². The molecule has 2 heterocycles. The first kappa shape index (κ1) is 17.2. The van der Waals surface area contributed by atoms with Gasteiger partial charge in [0.05, 0.1) is 38.1 Å². The number of phenols is 1. The average Bonchev–Trinajstić information content (AvgIpc) is 3.19. The van der Waals surface area contributed by atoms with Gasteiger partial charge in [0, 0.05) is 24.3 Å². The summed E-state index contributed by atoms with van der Waals surface area (Å²) in [6.07, 6.45) is 0.563. The van der Waals surface area contributed by atoms with Crippen LogP contribution in [0.2, 0.25) is 0 Å². The second-order valence-electron chi connectivity index (χ2n) is 9.85. The predicted molar refractivity (Wildman–Crippen MR) is 96.7 cm³/mol. The molecular weight excluding hydrogens is 362 g/mol. The standard InChI is InChI=1S/C21H25NO6/c1-22(10-12-8-15(12)25)7-6-19-16-11-2-3-13(23)17(16)28-18(19)14(24)4-5-20(19,26)21(22,27)9-11/h2-3,12,15,18,25-27H,4-10H2,1H3/p+1/t12?,15?,18-,19-,20-,21-,22+/m0/s1. The van der Waals surface area contributed by atoms with E-state index in [1.165, 1.54) is 0 Å². The maximum absolute atomic E-state index is 12.8. The monoisotopic (exact) mass is 388 g/mol. The number of aromatic hydroxyl groups is 1. The molecule has 7 atom stereocenters. The molecule has 5 aliphatic rings. The third kappa shape index (κ3) is 1.59. The van der Waals surface area contributed by atoms with E-state index in [9.17, 15) is 25.2 Å². The van der Waals surface area contributed by atoms with Gasteiger partial charge in [-0.15, -0.1) is 0 Å². The van der Waals surface area contributed by atoms with E-state index in [1.807, 2.05) is 7.05 Å². The first-order valence-corrected chi connectivity index (χ1v) is 10.2. The Labute approximate surface area is 162 Å². The summed E-state index contributed by atoms with van der Waals surface area (Å²) in [5.74, 6) is 0.326. The van der Waals surface area contributed by atoms with Crippen LogP contribution in [0.25, 0.3) is 0 Å². The highest BCUT2D eigenvalue weighted by Crippen LogP contribution is 2.68. The number of Topliss-reactive ketones (excluding diaryl/α,β-unsaturated/α-hetero) is 1. The molecule has 3 fully saturated rings. The van der Waals surface area contributed by atoms with Gasteiger partial charge >= 0.3 is 0 Å². The number of ether oxygens (including phenoxy) is 1. The molecule has 7 heteroatoms. The van der Waals surface area contributed by atoms with Crippen LogP contribution in [0, 0.1) is 5.92 Å². The largest absolute Gasteiger partial charge is 0.504 e. The fourth-order valence-electron chi connectivity index (χ4n) is 7.01. The van der Waals surface area contributed by atoms with Gasteiger partial charge in [-0.05, 0) is 24.5 Å². The number of benzene rings is 1. The van der Waals surface area contributed by atoms with Crippen LogP contribution in [-0.4, -0.2) is 74.4 Å². The lowest BCUT2D eigenvalue weighted by molar-refractivity contribution is -1.00. The summed E-state index contributed by atoms with van der Waals surface area (Å²) in [5, 5.41) is 44.7. The molecule has 1 saturated heterocycles. The van der Waals surface area contributed by atoms with Gasteiger partial charge in [0.25, 0.3) is 0 Å². The number of rotatable bonds is 2. The van der Waals surface area contributed by atoms with Crippen molar-refractivity contribution in [1.29, 1.82) is 0 Å². The third-order valence-corrected chi connectivity index (χ3v) is 8.63. The van der Waals surface area contributed by atoms with Gasteiger partial charge in [0.1, 0.15) is 0 Å². The Morgan fingerprint density at radius 1 is 1.29 bits per heavy atom. The van der Waals surface area contributed by atoms with Gasteiger partial charge in [0.2, 0.25) is 5.72 Å². The Morgan fingerprint density at radius 3 is 2.75 bits per heavy atom. The maximum Gasteiger partial charge on any atom is 0.235 e. The number of likely N-dealkylation sites (N-methyl/N-ethyl adjacent to an activating group) is 1. The van der Waals surface area contributed by atoms with E-state index in [2.05, 4.69) is 0 Å². The zero-order valence-electron chi connectivity index (χ0n) is 15.9. The molecule has 7 nitrogen and oxygen atoms in total. The highest BCUT2D eigenvalue weighted by atomic mass is 16.5. The lowest BCUT2D eigenvalue weighted by Gasteiger charge is -2.67. The molecular formula is C21H26NO6+. The third-order valence-electron chi connectivity index (χ3n) is 8.63. The van der Waals surface area contributed by atoms with E-state index in [1.54, 1.807) is 12.1 Å². The molecule has 2 unspecified atom stereocenters. The van der Waals surface area contributed by atoms with Crippen molar-refractivity contribution in [3.63, 3.8) is 0 Å². The fourth-order valence-corrected chi connectivity index (χ4v) is 7.01. The van der Waals surface area contributed by atoms with Crippen LogP contribution in [0.3, 0.4) is 0 Å². The lowest BCUT2D eigenvalue weighted by atomic mass is 9.47. The van der Waals surface area contributed by atoms with Crippen LogP contribution in [-0.2, 0) is 16.6 Å². The molecule has 2 bridgehead atoms. The van der Waals surface area contributed by atoms with Crippen LogP contribution in [0.1, 0.15) is 36.8 Å². The van der Waals surface area contributed by atoms with Crippen LogP contribution < -0.4 is 4.74 Å². The van der Waals surface area contributed by atoms with Crippen molar-refractivity contribution in [2.75, 3.05) is 20.1 Å². The van der Waals surface area contributed by atoms with E-state index in [0.717, 1.165) is 17.5 Å². The van der Waals surface area contributed by atoms with Crippen molar-refractivity contribution in [2.45, 2.75) is 61.1 Å². The number of aliphatic hydroxyl groups excluding tert-OH is 1. The number of likely N-dealkylation sites (tertiary alicyclic amines) is 1. The number of hydrogen-bond donors (Lipinski definition) is 4. The first-order chi connectivity index (χ1) is 13.2. The molecule has 1 aromatic rings. The Hall–Kier alpha value is -1.67. The molecule has 28 heavy (non-hydrogen) atoms. The average molecular weight is 388 g/mol. The predicted octanol–water partition coefficient (Wildman–Crippen LogP) is -0.0392. The maximum atomic E-state index is 12.8. The molecule has 6 rings (SSSR count). The van der Waals surface area contributed by atoms with Crippen molar-refractivity contribution < 1.29 is 34.4 Å². The summed E-state index contributed by atoms with van der Waals surface area (Å²) >= 11 is 0. The Balaban J connectivity index is 1.61. The number of hydrogen-bond acceptors (Lipinski definition) is 6. The first-order valence-electron chi connectivity index (χ1n) is 10.2. The van der Waals surface area contributed by atoms with E-state index in [0.29, 0.717) is 25.3 Å². The zero-order valence-corrected chi connectivity index (χ0v) is 15.9. The SMILES string of the molecule is C[N@+]1(CC2CC2O)CC[C@]23c4c5ccc(O)c4O[C@H]2C(=O)CC[C@@]3(O)[C@@]1(O)C5. The Kier molecular flexibility index (Phi) is 2.90. The smallest absolute Gasteiger partial charge is 0.235 e. The van der Waals surface area contributed by atoms with Gasteiger partial charge in [-0.25, -0.2) is 0 Å². The summed E-state index contributed by atoms with van der Waals surface area (Å²) in [6.45, 7) is 1.17. The summed E-state index contributed by atoms with van der Waals surface area (Å²) in [4.78, 5) is 12.8. The minimum absolute atomic E-state index is 0.0213. The Morgan fingerprint density at radius 2 is 2.04 bits per heavy atom. The topological polar surface area (TPSA) is 107 Å². The molecule has 1 aromatic carbocycles. The molecule has 2 aliphatic heterocycles.